The van der Waals surface area contributed by atoms with E-state index >= 15 is 0 Å². The topological polar surface area (TPSA) is 544 Å². The molecule has 22 N–H and O–H groups in total. The SMILES string of the molecule is CC[C@H](C)[C@H](NC(=O)[C@]1(C)CCCCCCCC[C@](C)(NC(=O)[C@H](CCCCN)NC(=O)[C@@H](N)Cc2ccc(O)cc2)C(=O)N[C@@H]([C@@H](C)O)C(=O)N[C@@H](CCC(N)=O)C(=O)N[C@@H](CO)C(=O)N1)C(=O)N[C@@H](CC(=O)O)C(=O)N[C@@H](CCC(N)=O)C(=O)N[C@H](C=O)[C@@H](C)CC. The van der Waals surface area contributed by atoms with Gasteiger partial charge in [0.1, 0.15) is 65.4 Å². The van der Waals surface area contributed by atoms with Crippen LogP contribution in [0, 0.1) is 11.8 Å². The third-order valence-corrected chi connectivity index (χ3v) is 16.7. The molecule has 0 bridgehead atoms. The highest BCUT2D eigenvalue weighted by atomic mass is 16.4. The van der Waals surface area contributed by atoms with Crippen LogP contribution in [0.1, 0.15) is 170 Å². The maximum atomic E-state index is 14.8. The molecule has 1 aliphatic heterocycles. The third kappa shape index (κ3) is 27.7. The van der Waals surface area contributed by atoms with Gasteiger partial charge in [-0.1, -0.05) is 91.2 Å². The first-order chi connectivity index (χ1) is 44.2. The Balaban J connectivity index is 2.65. The summed E-state index contributed by atoms with van der Waals surface area (Å²) in [6.07, 6.45) is -0.565. The Labute approximate surface area is 547 Å². The Morgan fingerprint density at radius 3 is 1.78 bits per heavy atom. The van der Waals surface area contributed by atoms with E-state index in [-0.39, 0.29) is 69.6 Å². The van der Waals surface area contributed by atoms with Gasteiger partial charge in [-0.05, 0) is 108 Å². The van der Waals surface area contributed by atoms with Gasteiger partial charge in [0.25, 0.3) is 0 Å². The number of carbonyl (C=O) groups excluding carboxylic acids is 13. The first-order valence-electron chi connectivity index (χ1n) is 32.0. The third-order valence-electron chi connectivity index (χ3n) is 16.7. The summed E-state index contributed by atoms with van der Waals surface area (Å²) in [5, 5.41) is 66.2. The van der Waals surface area contributed by atoms with Gasteiger partial charge in [-0.2, -0.15) is 0 Å². The Morgan fingerprint density at radius 2 is 1.22 bits per heavy atom. The number of nitrogens with one attached hydrogen (secondary N) is 10. The molecule has 528 valence electrons. The summed E-state index contributed by atoms with van der Waals surface area (Å²) in [7, 11) is 0. The number of benzene rings is 1. The van der Waals surface area contributed by atoms with E-state index in [2.05, 4.69) is 53.2 Å². The lowest BCUT2D eigenvalue weighted by Gasteiger charge is -2.35. The van der Waals surface area contributed by atoms with Crippen LogP contribution in [-0.2, 0) is 73.5 Å². The molecule has 0 radical (unpaired) electrons. The molecular formula is C62H102N14O18. The maximum Gasteiger partial charge on any atom is 0.305 e. The van der Waals surface area contributed by atoms with Crippen molar-refractivity contribution in [3.05, 3.63) is 29.8 Å². The minimum absolute atomic E-state index is 0.00122. The number of primary amides is 2. The Morgan fingerprint density at radius 1 is 0.670 bits per heavy atom. The molecule has 12 amide bonds. The van der Waals surface area contributed by atoms with Crippen LogP contribution in [0.2, 0.25) is 0 Å². The minimum atomic E-state index is -2.00. The lowest BCUT2D eigenvalue weighted by molar-refractivity contribution is -0.142. The minimum Gasteiger partial charge on any atom is -0.508 e. The smallest absolute Gasteiger partial charge is 0.305 e. The number of unbranched alkanes of at least 4 members (excludes halogenated alkanes) is 1. The molecule has 1 aromatic rings. The summed E-state index contributed by atoms with van der Waals surface area (Å²) < 4.78 is 0. The predicted molar refractivity (Wildman–Crippen MR) is 341 cm³/mol. The number of phenolic OH excluding ortho intramolecular Hbond substituents is 1. The molecule has 14 atom stereocenters. The van der Waals surface area contributed by atoms with Crippen molar-refractivity contribution in [1.82, 2.24) is 53.2 Å². The zero-order valence-corrected chi connectivity index (χ0v) is 55.0. The molecule has 1 aromatic carbocycles. The first-order valence-corrected chi connectivity index (χ1v) is 32.0. The highest BCUT2D eigenvalue weighted by Crippen LogP contribution is 2.23. The van der Waals surface area contributed by atoms with Gasteiger partial charge in [0.15, 0.2) is 0 Å². The van der Waals surface area contributed by atoms with Gasteiger partial charge >= 0.3 is 5.97 Å². The Bertz CT molecular complexity index is 2760. The lowest BCUT2D eigenvalue weighted by Crippen LogP contribution is -2.66. The van der Waals surface area contributed by atoms with Gasteiger partial charge in [0, 0.05) is 12.8 Å². The van der Waals surface area contributed by atoms with E-state index in [1.54, 1.807) is 39.8 Å². The van der Waals surface area contributed by atoms with Crippen LogP contribution in [0.5, 0.6) is 5.75 Å². The van der Waals surface area contributed by atoms with Crippen LogP contribution in [-0.4, -0.2) is 188 Å². The van der Waals surface area contributed by atoms with Crippen LogP contribution >= 0.6 is 0 Å². The van der Waals surface area contributed by atoms with Crippen molar-refractivity contribution in [2.24, 2.45) is 34.8 Å². The largest absolute Gasteiger partial charge is 0.508 e. The number of aldehydes is 1. The molecule has 0 aromatic heterocycles. The predicted octanol–water partition coefficient (Wildman–Crippen LogP) is -3.18. The molecular weight excluding hydrogens is 1230 g/mol. The number of carboxylic acid groups (broad SMARTS) is 1. The summed E-state index contributed by atoms with van der Waals surface area (Å²) >= 11 is 0. The fourth-order valence-electron chi connectivity index (χ4n) is 10.2. The lowest BCUT2D eigenvalue weighted by atomic mass is 9.89. The van der Waals surface area contributed by atoms with E-state index < -0.39 is 187 Å². The van der Waals surface area contributed by atoms with Crippen LogP contribution in [0.25, 0.3) is 0 Å². The zero-order chi connectivity index (χ0) is 71.0. The number of phenols is 1. The van der Waals surface area contributed by atoms with Crippen molar-refractivity contribution in [1.29, 1.82) is 0 Å². The number of hydrogen-bond acceptors (Lipinski definition) is 19. The van der Waals surface area contributed by atoms with Crippen molar-refractivity contribution >= 4 is 83.1 Å². The number of nitrogens with two attached hydrogens (primary N) is 4. The maximum absolute atomic E-state index is 14.8. The normalized spacial score (nSPS) is 22.4. The number of hydrogen-bond donors (Lipinski definition) is 18. The van der Waals surface area contributed by atoms with Crippen LogP contribution in [0.4, 0.5) is 0 Å². The van der Waals surface area contributed by atoms with Crippen LogP contribution < -0.4 is 76.1 Å². The monoisotopic (exact) mass is 1330 g/mol. The van der Waals surface area contributed by atoms with E-state index in [1.807, 2.05) is 0 Å². The van der Waals surface area contributed by atoms with E-state index in [4.69, 9.17) is 22.9 Å². The standard InChI is InChI=1S/C62H102N14O18/c1-8-34(3)44(32-77)71-52(86)41(23-25-46(65)81)68-54(88)43(31-48(83)84)70-57(91)49(35(4)9-2)73-59(93)61(6)27-15-12-10-11-13-16-28-62(7,75-55(89)40(18-14-17-29-63)67-51(85)39(64)30-37-19-21-38(80)22-20-37)60(94)74-50(36(5)79)58(92)69-42(24-26-47(66)82)53(87)72-45(33-78)56(90)76-61/h19-22,32,34-36,39-45,49-50,78-80H,8-18,23-31,33,63-64H2,1-7H3,(H2,65,81)(H2,66,82)(H,67,85)(H,68,88)(H,69,92)(H,70,91)(H,71,86)(H,72,87)(H,73,93)(H,74,94)(H,75,89)(H,76,90)(H,83,84)/t34-,35-,36+,39-,40-,41-,42-,43-,44+,45-,49-,50-,61-,62-/m0/s1. The molecule has 1 saturated heterocycles. The van der Waals surface area contributed by atoms with Gasteiger partial charge in [0.05, 0.1) is 31.2 Å². The van der Waals surface area contributed by atoms with Crippen LogP contribution in [0.3, 0.4) is 0 Å². The number of aliphatic hydroxyl groups is 2. The average molecular weight is 1330 g/mol. The summed E-state index contributed by atoms with van der Waals surface area (Å²) in [6.45, 7) is 9.63. The summed E-state index contributed by atoms with van der Waals surface area (Å²) in [5.74, 6) is -14.7. The number of aliphatic carboxylic acids is 1. The Kier molecular flexibility index (Phi) is 35.4. The second kappa shape index (κ2) is 40.7. The Hall–Kier alpha value is -8.36. The van der Waals surface area contributed by atoms with Crippen molar-refractivity contribution in [3.63, 3.8) is 0 Å². The van der Waals surface area contributed by atoms with E-state index in [0.29, 0.717) is 56.8 Å². The molecule has 0 spiro atoms. The summed E-state index contributed by atoms with van der Waals surface area (Å²) in [5.41, 5.74) is 19.6. The van der Waals surface area contributed by atoms with Gasteiger partial charge in [-0.15, -0.1) is 0 Å². The second-order valence-corrected chi connectivity index (χ2v) is 24.7. The van der Waals surface area contributed by atoms with Crippen molar-refractivity contribution in [3.8, 4) is 5.75 Å². The van der Waals surface area contributed by atoms with E-state index in [9.17, 15) is 87.5 Å². The molecule has 0 aliphatic carbocycles. The number of rotatable bonds is 33. The van der Waals surface area contributed by atoms with Gasteiger partial charge < -0.3 is 101 Å². The van der Waals surface area contributed by atoms with Gasteiger partial charge in [-0.25, -0.2) is 0 Å². The van der Waals surface area contributed by atoms with Crippen molar-refractivity contribution in [2.75, 3.05) is 13.2 Å². The average Bonchev–Trinajstić information content (AvgIpc) is 0.851. The van der Waals surface area contributed by atoms with Gasteiger partial charge in [-0.3, -0.25) is 62.3 Å². The van der Waals surface area contributed by atoms with E-state index in [1.165, 1.54) is 26.0 Å². The molecule has 1 aliphatic rings. The number of carbonyl (C=O) groups is 14. The molecule has 32 heteroatoms. The fourth-order valence-corrected chi connectivity index (χ4v) is 10.2. The molecule has 32 nitrogen and oxygen atoms in total. The molecule has 94 heavy (non-hydrogen) atoms. The van der Waals surface area contributed by atoms with Crippen LogP contribution in [0.15, 0.2) is 24.3 Å². The second-order valence-electron chi connectivity index (χ2n) is 24.7. The molecule has 1 heterocycles. The van der Waals surface area contributed by atoms with Crippen molar-refractivity contribution < 1.29 is 87.5 Å². The summed E-state index contributed by atoms with van der Waals surface area (Å²) in [6, 6.07) is -7.96. The van der Waals surface area contributed by atoms with Crippen molar-refractivity contribution in [2.45, 2.75) is 242 Å². The first kappa shape index (κ1) is 81.7. The highest BCUT2D eigenvalue weighted by molar-refractivity contribution is 6.01. The molecule has 1 fully saturated rings. The molecule has 2 rings (SSSR count). The number of aromatic hydroxyl groups is 1. The number of carboxylic acids is 1. The zero-order valence-electron chi connectivity index (χ0n) is 55.0. The highest BCUT2D eigenvalue weighted by Gasteiger charge is 2.43. The number of amides is 12. The quantitative estimate of drug-likeness (QED) is 0.0244. The molecule has 0 unspecified atom stereocenters. The van der Waals surface area contributed by atoms with E-state index in [0.717, 1.165) is 6.92 Å². The summed E-state index contributed by atoms with van der Waals surface area (Å²) in [4.78, 5) is 190. The van der Waals surface area contributed by atoms with Gasteiger partial charge in [0.2, 0.25) is 70.9 Å². The fraction of sp³-hybridized carbons (Fsp3) is 0.677. The molecule has 0 saturated carbocycles. The number of aliphatic hydroxyl groups excluding tert-OH is 2.